The summed E-state index contributed by atoms with van der Waals surface area (Å²) in [5.41, 5.74) is 0. The highest BCUT2D eigenvalue weighted by Crippen LogP contribution is 2.08. The van der Waals surface area contributed by atoms with Crippen molar-refractivity contribution in [1.82, 2.24) is 0 Å². The molecule has 1 aliphatic carbocycles. The molecule has 72 valence electrons. The summed E-state index contributed by atoms with van der Waals surface area (Å²) in [5.74, 6) is 0. The molecule has 0 spiro atoms. The molecule has 0 heteroatoms. The standard InChI is InChI=1S/C13H20/c1-2-4-6-8-10-12-13-11-9-7-5-3-1/h1-6H,7-13H2/b2-1+,5-3+,6-4?. The molecular formula is C13H20. The van der Waals surface area contributed by atoms with Crippen LogP contribution in [0.4, 0.5) is 0 Å². The predicted molar refractivity (Wildman–Crippen MR) is 59.7 cm³/mol. The maximum atomic E-state index is 2.27. The van der Waals surface area contributed by atoms with Gasteiger partial charge >= 0.3 is 0 Å². The summed E-state index contributed by atoms with van der Waals surface area (Å²) in [4.78, 5) is 0. The fourth-order valence-electron chi connectivity index (χ4n) is 1.53. The highest BCUT2D eigenvalue weighted by Gasteiger charge is 1.88. The van der Waals surface area contributed by atoms with E-state index in [9.17, 15) is 0 Å². The third-order valence-corrected chi connectivity index (χ3v) is 2.35. The van der Waals surface area contributed by atoms with Crippen LogP contribution in [0.1, 0.15) is 44.9 Å². The van der Waals surface area contributed by atoms with Crippen LogP contribution in [0.3, 0.4) is 0 Å². The molecule has 0 amide bonds. The van der Waals surface area contributed by atoms with Crippen molar-refractivity contribution in [2.24, 2.45) is 0 Å². The number of allylic oxidation sites excluding steroid dienone is 6. The second-order valence-corrected chi connectivity index (χ2v) is 3.59. The zero-order valence-corrected chi connectivity index (χ0v) is 8.41. The molecule has 13 heavy (non-hydrogen) atoms. The highest BCUT2D eigenvalue weighted by molar-refractivity contribution is 5.10. The van der Waals surface area contributed by atoms with Crippen molar-refractivity contribution in [3.63, 3.8) is 0 Å². The van der Waals surface area contributed by atoms with Crippen LogP contribution in [0.2, 0.25) is 0 Å². The van der Waals surface area contributed by atoms with E-state index in [2.05, 4.69) is 36.5 Å². The van der Waals surface area contributed by atoms with Gasteiger partial charge in [0.25, 0.3) is 0 Å². The van der Waals surface area contributed by atoms with E-state index in [-0.39, 0.29) is 0 Å². The molecule has 0 atom stereocenters. The summed E-state index contributed by atoms with van der Waals surface area (Å²) in [6, 6.07) is 0. The van der Waals surface area contributed by atoms with Gasteiger partial charge in [-0.1, -0.05) is 55.7 Å². The average Bonchev–Trinajstić information content (AvgIpc) is 2.18. The molecule has 0 unspecified atom stereocenters. The Morgan fingerprint density at radius 1 is 0.462 bits per heavy atom. The van der Waals surface area contributed by atoms with Gasteiger partial charge in [-0.3, -0.25) is 0 Å². The van der Waals surface area contributed by atoms with E-state index in [1.165, 1.54) is 44.9 Å². The van der Waals surface area contributed by atoms with Gasteiger partial charge in [0.2, 0.25) is 0 Å². The smallest absolute Gasteiger partial charge is 0.0348 e. The van der Waals surface area contributed by atoms with E-state index in [1.807, 2.05) is 0 Å². The Morgan fingerprint density at radius 2 is 0.923 bits per heavy atom. The van der Waals surface area contributed by atoms with Gasteiger partial charge in [0, 0.05) is 0 Å². The molecule has 0 nitrogen and oxygen atoms in total. The van der Waals surface area contributed by atoms with Crippen molar-refractivity contribution in [2.75, 3.05) is 0 Å². The molecule has 0 N–H and O–H groups in total. The molecule has 0 aliphatic heterocycles. The van der Waals surface area contributed by atoms with E-state index >= 15 is 0 Å². The van der Waals surface area contributed by atoms with Gasteiger partial charge in [-0.25, -0.2) is 0 Å². The van der Waals surface area contributed by atoms with Crippen molar-refractivity contribution in [3.8, 4) is 0 Å². The monoisotopic (exact) mass is 176 g/mol. The SMILES string of the molecule is C1=CCCCCCCC/C=C/C=C/1. The number of hydrogen-bond acceptors (Lipinski definition) is 0. The Labute approximate surface area is 82.0 Å². The van der Waals surface area contributed by atoms with E-state index in [0.29, 0.717) is 0 Å². The van der Waals surface area contributed by atoms with Crippen molar-refractivity contribution in [3.05, 3.63) is 36.5 Å². The lowest BCUT2D eigenvalue weighted by molar-refractivity contribution is 0.622. The zero-order chi connectivity index (χ0) is 9.19. The van der Waals surface area contributed by atoms with E-state index in [0.717, 1.165) is 0 Å². The third kappa shape index (κ3) is 6.39. The van der Waals surface area contributed by atoms with Gasteiger partial charge in [0.15, 0.2) is 0 Å². The van der Waals surface area contributed by atoms with Gasteiger partial charge in [-0.05, 0) is 25.7 Å². The van der Waals surface area contributed by atoms with Crippen molar-refractivity contribution in [1.29, 1.82) is 0 Å². The zero-order valence-electron chi connectivity index (χ0n) is 8.41. The summed E-state index contributed by atoms with van der Waals surface area (Å²) in [7, 11) is 0. The minimum Gasteiger partial charge on any atom is -0.0845 e. The first-order chi connectivity index (χ1) is 6.50. The van der Waals surface area contributed by atoms with Crippen LogP contribution in [-0.4, -0.2) is 0 Å². The first kappa shape index (κ1) is 10.3. The van der Waals surface area contributed by atoms with Crippen LogP contribution in [0.15, 0.2) is 36.5 Å². The average molecular weight is 176 g/mol. The minimum absolute atomic E-state index is 1.24. The Balaban J connectivity index is 2.29. The van der Waals surface area contributed by atoms with Crippen LogP contribution in [0.25, 0.3) is 0 Å². The molecule has 0 radical (unpaired) electrons. The lowest BCUT2D eigenvalue weighted by Crippen LogP contribution is -1.77. The minimum atomic E-state index is 1.24. The Morgan fingerprint density at radius 3 is 1.46 bits per heavy atom. The summed E-state index contributed by atoms with van der Waals surface area (Å²) in [6.07, 6.45) is 22.5. The van der Waals surface area contributed by atoms with Crippen LogP contribution in [-0.2, 0) is 0 Å². The summed E-state index contributed by atoms with van der Waals surface area (Å²) in [5, 5.41) is 0. The van der Waals surface area contributed by atoms with Gasteiger partial charge in [0.05, 0.1) is 0 Å². The van der Waals surface area contributed by atoms with E-state index in [4.69, 9.17) is 0 Å². The van der Waals surface area contributed by atoms with Gasteiger partial charge in [0.1, 0.15) is 0 Å². The van der Waals surface area contributed by atoms with Crippen LogP contribution in [0.5, 0.6) is 0 Å². The Kier molecular flexibility index (Phi) is 6.22. The molecule has 0 aromatic rings. The largest absolute Gasteiger partial charge is 0.0845 e. The Bertz CT molecular complexity index is 164. The third-order valence-electron chi connectivity index (χ3n) is 2.35. The highest BCUT2D eigenvalue weighted by atomic mass is 13.9. The van der Waals surface area contributed by atoms with Gasteiger partial charge in [-0.15, -0.1) is 0 Å². The predicted octanol–water partition coefficient (Wildman–Crippen LogP) is 4.40. The van der Waals surface area contributed by atoms with Gasteiger partial charge < -0.3 is 0 Å². The summed E-state index contributed by atoms with van der Waals surface area (Å²) < 4.78 is 0. The molecule has 0 saturated heterocycles. The lowest BCUT2D eigenvalue weighted by atomic mass is 10.1. The summed E-state index contributed by atoms with van der Waals surface area (Å²) >= 11 is 0. The van der Waals surface area contributed by atoms with E-state index in [1.54, 1.807) is 0 Å². The summed E-state index contributed by atoms with van der Waals surface area (Å²) in [6.45, 7) is 0. The first-order valence-electron chi connectivity index (χ1n) is 5.48. The first-order valence-corrected chi connectivity index (χ1v) is 5.48. The fraction of sp³-hybridized carbons (Fsp3) is 0.538. The van der Waals surface area contributed by atoms with E-state index < -0.39 is 0 Å². The molecule has 0 saturated carbocycles. The topological polar surface area (TPSA) is 0 Å². The molecule has 0 aromatic carbocycles. The molecule has 0 heterocycles. The molecule has 0 aromatic heterocycles. The molecule has 0 bridgehead atoms. The maximum absolute atomic E-state index is 2.27. The number of rotatable bonds is 0. The fourth-order valence-corrected chi connectivity index (χ4v) is 1.53. The lowest BCUT2D eigenvalue weighted by Gasteiger charge is -1.97. The van der Waals surface area contributed by atoms with Crippen LogP contribution >= 0.6 is 0 Å². The molecule has 1 rings (SSSR count). The van der Waals surface area contributed by atoms with Crippen molar-refractivity contribution >= 4 is 0 Å². The van der Waals surface area contributed by atoms with Crippen LogP contribution < -0.4 is 0 Å². The van der Waals surface area contributed by atoms with Crippen LogP contribution in [0, 0.1) is 0 Å². The quantitative estimate of drug-likeness (QED) is 0.513. The molecule has 1 aliphatic rings. The molecular weight excluding hydrogens is 156 g/mol. The van der Waals surface area contributed by atoms with Crippen molar-refractivity contribution < 1.29 is 0 Å². The normalized spacial score (nSPS) is 25.2. The second kappa shape index (κ2) is 7.85. The number of hydrogen-bond donors (Lipinski definition) is 0. The maximum Gasteiger partial charge on any atom is -0.0348 e. The molecule has 0 fully saturated rings. The van der Waals surface area contributed by atoms with Gasteiger partial charge in [-0.2, -0.15) is 0 Å². The van der Waals surface area contributed by atoms with Crippen molar-refractivity contribution in [2.45, 2.75) is 44.9 Å². The second-order valence-electron chi connectivity index (χ2n) is 3.59. The Hall–Kier alpha value is -0.780.